The first-order chi connectivity index (χ1) is 12.2. The SMILES string of the molecule is O=C(Nc1ccccc1)Nc1ccc(NCc2ccccc2F)cn1. The molecule has 5 nitrogen and oxygen atoms in total. The molecule has 0 aliphatic rings. The lowest BCUT2D eigenvalue weighted by atomic mass is 10.2. The molecule has 1 heterocycles. The van der Waals surface area contributed by atoms with Gasteiger partial charge in [-0.25, -0.2) is 14.2 Å². The predicted octanol–water partition coefficient (Wildman–Crippen LogP) is 4.48. The molecule has 25 heavy (non-hydrogen) atoms. The number of hydrogen-bond donors (Lipinski definition) is 3. The Labute approximate surface area is 144 Å². The van der Waals surface area contributed by atoms with Crippen LogP contribution in [0.4, 0.5) is 26.4 Å². The van der Waals surface area contributed by atoms with E-state index in [4.69, 9.17) is 0 Å². The highest BCUT2D eigenvalue weighted by Gasteiger charge is 2.04. The first-order valence-corrected chi connectivity index (χ1v) is 7.77. The van der Waals surface area contributed by atoms with Gasteiger partial charge < -0.3 is 10.6 Å². The Bertz CT molecular complexity index is 838. The molecule has 0 aliphatic carbocycles. The molecule has 0 radical (unpaired) electrons. The van der Waals surface area contributed by atoms with Gasteiger partial charge in [-0.2, -0.15) is 0 Å². The molecule has 2 aromatic carbocycles. The van der Waals surface area contributed by atoms with Crippen LogP contribution in [0.25, 0.3) is 0 Å². The number of aromatic nitrogens is 1. The van der Waals surface area contributed by atoms with Crippen molar-refractivity contribution in [2.24, 2.45) is 0 Å². The first-order valence-electron chi connectivity index (χ1n) is 7.77. The van der Waals surface area contributed by atoms with Gasteiger partial charge in [-0.3, -0.25) is 5.32 Å². The van der Waals surface area contributed by atoms with E-state index in [0.29, 0.717) is 23.6 Å². The molecule has 0 fully saturated rings. The average molecular weight is 336 g/mol. The molecule has 1 aromatic heterocycles. The largest absolute Gasteiger partial charge is 0.380 e. The number of rotatable bonds is 5. The summed E-state index contributed by atoms with van der Waals surface area (Å²) in [5.41, 5.74) is 2.01. The zero-order valence-electron chi connectivity index (χ0n) is 13.4. The first kappa shape index (κ1) is 16.4. The quantitative estimate of drug-likeness (QED) is 0.644. The van der Waals surface area contributed by atoms with Crippen molar-refractivity contribution in [3.05, 3.63) is 84.3 Å². The van der Waals surface area contributed by atoms with E-state index in [0.717, 1.165) is 5.69 Å². The molecule has 3 aromatic rings. The van der Waals surface area contributed by atoms with E-state index in [9.17, 15) is 9.18 Å². The summed E-state index contributed by atoms with van der Waals surface area (Å²) >= 11 is 0. The van der Waals surface area contributed by atoms with Crippen molar-refractivity contribution in [3.63, 3.8) is 0 Å². The molecule has 2 amide bonds. The van der Waals surface area contributed by atoms with E-state index in [1.807, 2.05) is 18.2 Å². The number of anilines is 3. The van der Waals surface area contributed by atoms with Gasteiger partial charge in [0.1, 0.15) is 11.6 Å². The number of pyridine rings is 1. The lowest BCUT2D eigenvalue weighted by molar-refractivity contribution is 0.262. The molecule has 0 bridgehead atoms. The van der Waals surface area contributed by atoms with E-state index in [1.54, 1.807) is 48.7 Å². The number of para-hydroxylation sites is 1. The number of amides is 2. The number of nitrogens with one attached hydrogen (secondary N) is 3. The van der Waals surface area contributed by atoms with Crippen LogP contribution in [-0.4, -0.2) is 11.0 Å². The van der Waals surface area contributed by atoms with Crippen LogP contribution in [0.15, 0.2) is 72.9 Å². The Morgan fingerprint density at radius 3 is 2.36 bits per heavy atom. The highest BCUT2D eigenvalue weighted by atomic mass is 19.1. The van der Waals surface area contributed by atoms with Crippen LogP contribution >= 0.6 is 0 Å². The van der Waals surface area contributed by atoms with Gasteiger partial charge >= 0.3 is 6.03 Å². The summed E-state index contributed by atoms with van der Waals surface area (Å²) in [6.07, 6.45) is 1.58. The van der Waals surface area contributed by atoms with E-state index < -0.39 is 0 Å². The summed E-state index contributed by atoms with van der Waals surface area (Å²) in [5.74, 6) is 0.170. The number of nitrogens with zero attached hydrogens (tertiary/aromatic N) is 1. The van der Waals surface area contributed by atoms with Gasteiger partial charge in [-0.15, -0.1) is 0 Å². The highest BCUT2D eigenvalue weighted by Crippen LogP contribution is 2.13. The maximum absolute atomic E-state index is 13.6. The van der Waals surface area contributed by atoms with Crippen LogP contribution in [0.5, 0.6) is 0 Å². The number of urea groups is 1. The summed E-state index contributed by atoms with van der Waals surface area (Å²) in [6.45, 7) is 0.357. The molecule has 3 rings (SSSR count). The van der Waals surface area contributed by atoms with E-state index in [1.165, 1.54) is 6.07 Å². The summed E-state index contributed by atoms with van der Waals surface area (Å²) in [4.78, 5) is 16.1. The fourth-order valence-electron chi connectivity index (χ4n) is 2.21. The second kappa shape index (κ2) is 7.92. The minimum Gasteiger partial charge on any atom is -0.380 e. The van der Waals surface area contributed by atoms with Crippen LogP contribution in [0.2, 0.25) is 0 Å². The molecule has 0 atom stereocenters. The van der Waals surface area contributed by atoms with Crippen molar-refractivity contribution < 1.29 is 9.18 Å². The maximum Gasteiger partial charge on any atom is 0.324 e. The van der Waals surface area contributed by atoms with Crippen molar-refractivity contribution in [1.82, 2.24) is 4.98 Å². The van der Waals surface area contributed by atoms with Gasteiger partial charge in [0, 0.05) is 17.8 Å². The molecule has 6 heteroatoms. The van der Waals surface area contributed by atoms with Crippen molar-refractivity contribution in [2.45, 2.75) is 6.54 Å². The van der Waals surface area contributed by atoms with Gasteiger partial charge in [0.2, 0.25) is 0 Å². The molecule has 0 saturated carbocycles. The normalized spacial score (nSPS) is 10.1. The Kier molecular flexibility index (Phi) is 5.21. The van der Waals surface area contributed by atoms with Crippen molar-refractivity contribution in [3.8, 4) is 0 Å². The van der Waals surface area contributed by atoms with E-state index >= 15 is 0 Å². The van der Waals surface area contributed by atoms with Crippen LogP contribution in [0.1, 0.15) is 5.56 Å². The Morgan fingerprint density at radius 1 is 0.880 bits per heavy atom. The second-order valence-electron chi connectivity index (χ2n) is 5.32. The van der Waals surface area contributed by atoms with Gasteiger partial charge in [-0.1, -0.05) is 36.4 Å². The number of halogens is 1. The smallest absolute Gasteiger partial charge is 0.324 e. The standard InChI is InChI=1S/C19H17FN4O/c20-17-9-5-4-6-14(17)12-21-16-10-11-18(22-13-16)24-19(25)23-15-7-2-1-3-8-15/h1-11,13,21H,12H2,(H2,22,23,24,25). The molecule has 0 saturated heterocycles. The van der Waals surface area contributed by atoms with E-state index in [2.05, 4.69) is 20.9 Å². The van der Waals surface area contributed by atoms with Gasteiger partial charge in [0.05, 0.1) is 11.9 Å². The number of carbonyl (C=O) groups is 1. The summed E-state index contributed by atoms with van der Waals surface area (Å²) in [5, 5.41) is 8.45. The van der Waals surface area contributed by atoms with Crippen molar-refractivity contribution in [2.75, 3.05) is 16.0 Å². The van der Waals surface area contributed by atoms with Crippen LogP contribution in [0, 0.1) is 5.82 Å². The summed E-state index contributed by atoms with van der Waals surface area (Å²) in [6, 6.07) is 18.8. The zero-order valence-corrected chi connectivity index (χ0v) is 13.4. The summed E-state index contributed by atoms with van der Waals surface area (Å²) < 4.78 is 13.6. The lowest BCUT2D eigenvalue weighted by Crippen LogP contribution is -2.20. The number of benzene rings is 2. The van der Waals surface area contributed by atoms with Crippen LogP contribution in [0.3, 0.4) is 0 Å². The zero-order chi connectivity index (χ0) is 17.5. The third kappa shape index (κ3) is 4.78. The minimum atomic E-state index is -0.370. The average Bonchev–Trinajstić information content (AvgIpc) is 2.63. The van der Waals surface area contributed by atoms with Crippen LogP contribution < -0.4 is 16.0 Å². The molecule has 3 N–H and O–H groups in total. The maximum atomic E-state index is 13.6. The van der Waals surface area contributed by atoms with Gasteiger partial charge in [0.25, 0.3) is 0 Å². The highest BCUT2D eigenvalue weighted by molar-refractivity contribution is 5.99. The monoisotopic (exact) mass is 336 g/mol. The number of hydrogen-bond acceptors (Lipinski definition) is 3. The third-order valence-electron chi connectivity index (χ3n) is 3.48. The lowest BCUT2D eigenvalue weighted by Gasteiger charge is -2.09. The Morgan fingerprint density at radius 2 is 1.64 bits per heavy atom. The van der Waals surface area contributed by atoms with Crippen LogP contribution in [-0.2, 0) is 6.54 Å². The van der Waals surface area contributed by atoms with Gasteiger partial charge in [-0.05, 0) is 30.3 Å². The predicted molar refractivity (Wildman–Crippen MR) is 97.0 cm³/mol. The molecule has 126 valence electrons. The van der Waals surface area contributed by atoms with E-state index in [-0.39, 0.29) is 11.8 Å². The molecule has 0 aliphatic heterocycles. The van der Waals surface area contributed by atoms with Crippen molar-refractivity contribution >= 4 is 23.2 Å². The topological polar surface area (TPSA) is 66.1 Å². The molecule has 0 spiro atoms. The molecular formula is C19H17FN4O. The second-order valence-corrected chi connectivity index (χ2v) is 5.32. The minimum absolute atomic E-state index is 0.251. The molecular weight excluding hydrogens is 319 g/mol. The molecule has 0 unspecified atom stereocenters. The Hall–Kier alpha value is -3.41. The number of carbonyl (C=O) groups excluding carboxylic acids is 1. The Balaban J connectivity index is 1.53. The fourth-order valence-corrected chi connectivity index (χ4v) is 2.21. The fraction of sp³-hybridized carbons (Fsp3) is 0.0526. The summed E-state index contributed by atoms with van der Waals surface area (Å²) in [7, 11) is 0. The van der Waals surface area contributed by atoms with Crippen molar-refractivity contribution in [1.29, 1.82) is 0 Å². The van der Waals surface area contributed by atoms with Gasteiger partial charge in [0.15, 0.2) is 0 Å². The third-order valence-corrected chi connectivity index (χ3v) is 3.48.